The van der Waals surface area contributed by atoms with Crippen molar-refractivity contribution in [3.05, 3.63) is 72.4 Å². The van der Waals surface area contributed by atoms with Gasteiger partial charge < -0.3 is 19.5 Å². The van der Waals surface area contributed by atoms with Crippen LogP contribution in [0.4, 0.5) is 5.82 Å². The van der Waals surface area contributed by atoms with Crippen LogP contribution in [0.5, 0.6) is 0 Å². The number of nitrogens with one attached hydrogen (secondary N) is 1. The van der Waals surface area contributed by atoms with Gasteiger partial charge in [-0.15, -0.1) is 0 Å². The standard InChI is InChI=1S/C21H23N5O2/c1-16(17-2-5-19(6-3-17)26-9-8-22-15-26)24-21(27)18-4-7-20(23-14-18)25-10-12-28-13-11-25/h2-9,14-16H,10-13H2,1H3,(H,24,27)/t16-/m1/s1. The van der Waals surface area contributed by atoms with Crippen LogP contribution in [0, 0.1) is 0 Å². The first-order valence-corrected chi connectivity index (χ1v) is 9.38. The number of imidazole rings is 1. The predicted molar refractivity (Wildman–Crippen MR) is 107 cm³/mol. The number of hydrogen-bond acceptors (Lipinski definition) is 5. The van der Waals surface area contributed by atoms with Crippen molar-refractivity contribution < 1.29 is 9.53 Å². The number of pyridine rings is 1. The van der Waals surface area contributed by atoms with Gasteiger partial charge >= 0.3 is 0 Å². The van der Waals surface area contributed by atoms with E-state index in [0.717, 1.165) is 30.2 Å². The number of amides is 1. The van der Waals surface area contributed by atoms with E-state index in [1.165, 1.54) is 0 Å². The molecular weight excluding hydrogens is 354 g/mol. The van der Waals surface area contributed by atoms with E-state index in [1.54, 1.807) is 18.7 Å². The second-order valence-electron chi connectivity index (χ2n) is 6.76. The fourth-order valence-corrected chi connectivity index (χ4v) is 3.21. The molecule has 28 heavy (non-hydrogen) atoms. The number of carbonyl (C=O) groups excluding carboxylic acids is 1. The summed E-state index contributed by atoms with van der Waals surface area (Å²) in [6.07, 6.45) is 7.03. The van der Waals surface area contributed by atoms with Crippen molar-refractivity contribution in [2.45, 2.75) is 13.0 Å². The number of ether oxygens (including phenoxy) is 1. The highest BCUT2D eigenvalue weighted by Gasteiger charge is 2.15. The van der Waals surface area contributed by atoms with Crippen LogP contribution in [0.2, 0.25) is 0 Å². The molecule has 1 saturated heterocycles. The Morgan fingerprint density at radius 3 is 2.57 bits per heavy atom. The van der Waals surface area contributed by atoms with Crippen molar-refractivity contribution in [1.29, 1.82) is 0 Å². The highest BCUT2D eigenvalue weighted by Crippen LogP contribution is 2.17. The van der Waals surface area contributed by atoms with Crippen molar-refractivity contribution in [1.82, 2.24) is 19.9 Å². The maximum atomic E-state index is 12.6. The van der Waals surface area contributed by atoms with E-state index in [2.05, 4.69) is 20.2 Å². The van der Waals surface area contributed by atoms with E-state index < -0.39 is 0 Å². The van der Waals surface area contributed by atoms with Crippen molar-refractivity contribution in [2.75, 3.05) is 31.2 Å². The number of morpholine rings is 1. The van der Waals surface area contributed by atoms with E-state index in [1.807, 2.05) is 54.1 Å². The zero-order chi connectivity index (χ0) is 19.3. The van der Waals surface area contributed by atoms with Crippen molar-refractivity contribution >= 4 is 11.7 Å². The lowest BCUT2D eigenvalue weighted by molar-refractivity contribution is 0.0939. The minimum Gasteiger partial charge on any atom is -0.378 e. The lowest BCUT2D eigenvalue weighted by atomic mass is 10.1. The zero-order valence-corrected chi connectivity index (χ0v) is 15.8. The number of nitrogens with zero attached hydrogens (tertiary/aromatic N) is 4. The number of hydrogen-bond donors (Lipinski definition) is 1. The molecule has 1 aromatic carbocycles. The van der Waals surface area contributed by atoms with E-state index in [0.29, 0.717) is 18.8 Å². The summed E-state index contributed by atoms with van der Waals surface area (Å²) in [5.41, 5.74) is 2.62. The number of carbonyl (C=O) groups is 1. The lowest BCUT2D eigenvalue weighted by Gasteiger charge is -2.27. The SMILES string of the molecule is C[C@@H](NC(=O)c1ccc(N2CCOCC2)nc1)c1ccc(-n2ccnc2)cc1. The van der Waals surface area contributed by atoms with Gasteiger partial charge in [0.15, 0.2) is 0 Å². The van der Waals surface area contributed by atoms with Crippen LogP contribution in [0.25, 0.3) is 5.69 Å². The van der Waals surface area contributed by atoms with Crippen molar-refractivity contribution in [3.63, 3.8) is 0 Å². The number of aromatic nitrogens is 3. The van der Waals surface area contributed by atoms with Gasteiger partial charge in [0, 0.05) is 37.4 Å². The number of benzene rings is 1. The Balaban J connectivity index is 1.38. The molecule has 1 N–H and O–H groups in total. The van der Waals surface area contributed by atoms with E-state index in [9.17, 15) is 4.79 Å². The van der Waals surface area contributed by atoms with E-state index in [-0.39, 0.29) is 11.9 Å². The summed E-state index contributed by atoms with van der Waals surface area (Å²) in [5, 5.41) is 3.03. The Morgan fingerprint density at radius 1 is 1.14 bits per heavy atom. The molecule has 1 amide bonds. The Labute approximate surface area is 164 Å². The molecule has 1 aliphatic rings. The van der Waals surface area contributed by atoms with Crippen molar-refractivity contribution in [3.8, 4) is 5.69 Å². The molecule has 0 saturated carbocycles. The molecule has 0 radical (unpaired) electrons. The molecule has 144 valence electrons. The maximum Gasteiger partial charge on any atom is 0.253 e. The molecule has 0 aliphatic carbocycles. The molecule has 3 heterocycles. The van der Waals surface area contributed by atoms with Crippen LogP contribution in [-0.2, 0) is 4.74 Å². The fourth-order valence-electron chi connectivity index (χ4n) is 3.21. The molecule has 2 aromatic heterocycles. The number of anilines is 1. The summed E-state index contributed by atoms with van der Waals surface area (Å²) in [7, 11) is 0. The molecule has 7 heteroatoms. The second-order valence-corrected chi connectivity index (χ2v) is 6.76. The van der Waals surface area contributed by atoms with E-state index in [4.69, 9.17) is 4.74 Å². The Kier molecular flexibility index (Phi) is 5.34. The molecule has 4 rings (SSSR count). The largest absolute Gasteiger partial charge is 0.378 e. The van der Waals surface area contributed by atoms with Crippen LogP contribution in [0.1, 0.15) is 28.9 Å². The first-order valence-electron chi connectivity index (χ1n) is 9.38. The van der Waals surface area contributed by atoms with Crippen molar-refractivity contribution in [2.24, 2.45) is 0 Å². The van der Waals surface area contributed by atoms with Crippen LogP contribution in [-0.4, -0.2) is 46.7 Å². The number of rotatable bonds is 5. The van der Waals surface area contributed by atoms with Gasteiger partial charge in [-0.3, -0.25) is 4.79 Å². The zero-order valence-electron chi connectivity index (χ0n) is 15.8. The van der Waals surface area contributed by atoms with E-state index >= 15 is 0 Å². The van der Waals surface area contributed by atoms with Crippen LogP contribution < -0.4 is 10.2 Å². The quantitative estimate of drug-likeness (QED) is 0.740. The molecule has 0 spiro atoms. The molecule has 0 bridgehead atoms. The highest BCUT2D eigenvalue weighted by atomic mass is 16.5. The first kappa shape index (κ1) is 18.2. The topological polar surface area (TPSA) is 72.3 Å². The third-order valence-electron chi connectivity index (χ3n) is 4.89. The molecule has 3 aromatic rings. The summed E-state index contributed by atoms with van der Waals surface area (Å²) in [4.78, 5) is 23.2. The van der Waals surface area contributed by atoms with Gasteiger partial charge in [0.2, 0.25) is 0 Å². The Bertz CT molecular complexity index is 901. The molecule has 0 unspecified atom stereocenters. The summed E-state index contributed by atoms with van der Waals surface area (Å²) in [5.74, 6) is 0.746. The van der Waals surface area contributed by atoms with Gasteiger partial charge in [-0.2, -0.15) is 0 Å². The monoisotopic (exact) mass is 377 g/mol. The van der Waals surface area contributed by atoms with Crippen LogP contribution in [0.3, 0.4) is 0 Å². The maximum absolute atomic E-state index is 12.6. The van der Waals surface area contributed by atoms with Crippen LogP contribution >= 0.6 is 0 Å². The molecule has 1 atom stereocenters. The Morgan fingerprint density at radius 2 is 1.93 bits per heavy atom. The summed E-state index contributed by atoms with van der Waals surface area (Å²) in [6, 6.07) is 11.7. The average Bonchev–Trinajstić information content (AvgIpc) is 3.29. The van der Waals surface area contributed by atoms with Crippen LogP contribution in [0.15, 0.2) is 61.3 Å². The predicted octanol–water partition coefficient (Wildman–Crippen LogP) is 2.59. The van der Waals surface area contributed by atoms with Gasteiger partial charge in [-0.05, 0) is 36.8 Å². The minimum atomic E-state index is -0.132. The van der Waals surface area contributed by atoms with Gasteiger partial charge in [0.1, 0.15) is 5.82 Å². The third-order valence-corrected chi connectivity index (χ3v) is 4.89. The average molecular weight is 377 g/mol. The summed E-state index contributed by atoms with van der Waals surface area (Å²) >= 11 is 0. The highest BCUT2D eigenvalue weighted by molar-refractivity contribution is 5.94. The molecular formula is C21H23N5O2. The summed E-state index contributed by atoms with van der Waals surface area (Å²) < 4.78 is 7.30. The second kappa shape index (κ2) is 8.22. The summed E-state index contributed by atoms with van der Waals surface area (Å²) in [6.45, 7) is 5.04. The van der Waals surface area contributed by atoms with Gasteiger partial charge in [-0.25, -0.2) is 9.97 Å². The smallest absolute Gasteiger partial charge is 0.253 e. The van der Waals surface area contributed by atoms with Gasteiger partial charge in [0.25, 0.3) is 5.91 Å². The normalized spacial score (nSPS) is 15.2. The first-order chi connectivity index (χ1) is 13.7. The minimum absolute atomic E-state index is 0.108. The molecule has 1 aliphatic heterocycles. The van der Waals surface area contributed by atoms with Gasteiger partial charge in [-0.1, -0.05) is 12.1 Å². The fraction of sp³-hybridized carbons (Fsp3) is 0.286. The Hall–Kier alpha value is -3.19. The lowest BCUT2D eigenvalue weighted by Crippen LogP contribution is -2.36. The van der Waals surface area contributed by atoms with Gasteiger partial charge in [0.05, 0.1) is 31.1 Å². The molecule has 7 nitrogen and oxygen atoms in total. The molecule has 1 fully saturated rings. The third kappa shape index (κ3) is 4.04.